The average molecular weight is 233 g/mol. The third-order valence-electron chi connectivity index (χ3n) is 3.03. The quantitative estimate of drug-likeness (QED) is 0.790. The van der Waals surface area contributed by atoms with Crippen LogP contribution in [0.5, 0.6) is 0 Å². The second-order valence-corrected chi connectivity index (χ2v) is 6.22. The molecule has 15 heavy (non-hydrogen) atoms. The topological polar surface area (TPSA) is 63.2 Å². The summed E-state index contributed by atoms with van der Waals surface area (Å²) in [5.74, 6) is 0.499. The number of rotatable bonds is 4. The maximum atomic E-state index is 11.3. The molecule has 0 bridgehead atoms. The number of hydrogen-bond acceptors (Lipinski definition) is 3. The van der Waals surface area contributed by atoms with E-state index >= 15 is 0 Å². The Morgan fingerprint density at radius 2 is 1.80 bits per heavy atom. The Morgan fingerprint density at radius 1 is 1.27 bits per heavy atom. The third kappa shape index (κ3) is 3.91. The molecule has 0 spiro atoms. The van der Waals surface area contributed by atoms with Gasteiger partial charge in [-0.25, -0.2) is 13.1 Å². The standard InChI is InChI=1S/C10H19NO3S/c1-3-15(13,14)11-10-6-4-9(5-7-10)8(2)12/h9-11H,3-7H2,1-2H3. The minimum Gasteiger partial charge on any atom is -0.300 e. The van der Waals surface area contributed by atoms with Crippen molar-refractivity contribution in [1.82, 2.24) is 4.72 Å². The summed E-state index contributed by atoms with van der Waals surface area (Å²) in [7, 11) is -3.09. The van der Waals surface area contributed by atoms with Gasteiger partial charge in [-0.2, -0.15) is 0 Å². The van der Waals surface area contributed by atoms with Crippen molar-refractivity contribution in [2.24, 2.45) is 5.92 Å². The number of hydrogen-bond donors (Lipinski definition) is 1. The predicted octanol–water partition coefficient (Wildman–Crippen LogP) is 1.07. The fourth-order valence-corrected chi connectivity index (χ4v) is 2.87. The fourth-order valence-electron chi connectivity index (χ4n) is 1.96. The molecule has 0 atom stereocenters. The smallest absolute Gasteiger partial charge is 0.211 e. The molecule has 0 aromatic rings. The van der Waals surface area contributed by atoms with Gasteiger partial charge in [-0.3, -0.25) is 4.79 Å². The van der Waals surface area contributed by atoms with Gasteiger partial charge in [0.05, 0.1) is 5.75 Å². The SMILES string of the molecule is CCS(=O)(=O)NC1CCC(C(C)=O)CC1. The van der Waals surface area contributed by atoms with Crippen molar-refractivity contribution in [3.05, 3.63) is 0 Å². The Morgan fingerprint density at radius 3 is 2.20 bits per heavy atom. The summed E-state index contributed by atoms with van der Waals surface area (Å²) in [5.41, 5.74) is 0. The lowest BCUT2D eigenvalue weighted by atomic mass is 9.84. The minimum absolute atomic E-state index is 0.0329. The highest BCUT2D eigenvalue weighted by Crippen LogP contribution is 2.25. The number of sulfonamides is 1. The van der Waals surface area contributed by atoms with Crippen molar-refractivity contribution >= 4 is 15.8 Å². The zero-order valence-corrected chi connectivity index (χ0v) is 10.1. The molecular formula is C10H19NO3S. The van der Waals surface area contributed by atoms with Gasteiger partial charge >= 0.3 is 0 Å². The first kappa shape index (κ1) is 12.6. The van der Waals surface area contributed by atoms with Crippen molar-refractivity contribution in [3.63, 3.8) is 0 Å². The van der Waals surface area contributed by atoms with Crippen molar-refractivity contribution in [2.75, 3.05) is 5.75 Å². The molecule has 0 amide bonds. The highest BCUT2D eigenvalue weighted by atomic mass is 32.2. The molecule has 1 aliphatic rings. The largest absolute Gasteiger partial charge is 0.300 e. The summed E-state index contributed by atoms with van der Waals surface area (Å²) in [6.45, 7) is 3.24. The van der Waals surface area contributed by atoms with Crippen LogP contribution in [-0.2, 0) is 14.8 Å². The lowest BCUT2D eigenvalue weighted by Gasteiger charge is -2.27. The maximum absolute atomic E-state index is 11.3. The molecule has 0 unspecified atom stereocenters. The van der Waals surface area contributed by atoms with Crippen LogP contribution < -0.4 is 4.72 Å². The number of ketones is 1. The normalized spacial score (nSPS) is 27.6. The first-order valence-electron chi connectivity index (χ1n) is 5.45. The van der Waals surface area contributed by atoms with Gasteiger partial charge in [0.2, 0.25) is 10.0 Å². The second-order valence-electron chi connectivity index (χ2n) is 4.18. The second kappa shape index (κ2) is 5.07. The van der Waals surface area contributed by atoms with Crippen LogP contribution in [0.25, 0.3) is 0 Å². The monoisotopic (exact) mass is 233 g/mol. The van der Waals surface area contributed by atoms with Gasteiger partial charge in [-0.15, -0.1) is 0 Å². The van der Waals surface area contributed by atoms with Gasteiger partial charge in [-0.05, 0) is 39.5 Å². The molecule has 5 heteroatoms. The van der Waals surface area contributed by atoms with E-state index in [2.05, 4.69) is 4.72 Å². The third-order valence-corrected chi connectivity index (χ3v) is 4.48. The van der Waals surface area contributed by atoms with Crippen LogP contribution in [0.1, 0.15) is 39.5 Å². The van der Waals surface area contributed by atoms with E-state index in [4.69, 9.17) is 0 Å². The van der Waals surface area contributed by atoms with E-state index in [9.17, 15) is 13.2 Å². The van der Waals surface area contributed by atoms with Gasteiger partial charge in [0.25, 0.3) is 0 Å². The van der Waals surface area contributed by atoms with E-state index in [0.29, 0.717) is 0 Å². The predicted molar refractivity (Wildman–Crippen MR) is 59.0 cm³/mol. The number of nitrogens with one attached hydrogen (secondary N) is 1. The Hall–Kier alpha value is -0.420. The molecule has 0 aromatic heterocycles. The van der Waals surface area contributed by atoms with Crippen molar-refractivity contribution in [2.45, 2.75) is 45.6 Å². The molecular weight excluding hydrogens is 214 g/mol. The van der Waals surface area contributed by atoms with Crippen LogP contribution in [-0.4, -0.2) is 26.0 Å². The summed E-state index contributed by atoms with van der Waals surface area (Å²) in [4.78, 5) is 11.1. The Balaban J connectivity index is 2.42. The van der Waals surface area contributed by atoms with Crippen LogP contribution in [0.2, 0.25) is 0 Å². The van der Waals surface area contributed by atoms with Gasteiger partial charge in [-0.1, -0.05) is 0 Å². The van der Waals surface area contributed by atoms with Crippen molar-refractivity contribution in [1.29, 1.82) is 0 Å². The summed E-state index contributed by atoms with van der Waals surface area (Å²) >= 11 is 0. The molecule has 0 saturated heterocycles. The molecule has 88 valence electrons. The molecule has 1 saturated carbocycles. The first-order chi connectivity index (χ1) is 6.94. The number of carbonyl (C=O) groups excluding carboxylic acids is 1. The number of Topliss-reactive ketones (excluding diaryl/α,β-unsaturated/α-hetero) is 1. The lowest BCUT2D eigenvalue weighted by Crippen LogP contribution is -2.39. The summed E-state index contributed by atoms with van der Waals surface area (Å²) in [6.07, 6.45) is 3.19. The van der Waals surface area contributed by atoms with E-state index in [0.717, 1.165) is 25.7 Å². The van der Waals surface area contributed by atoms with E-state index < -0.39 is 10.0 Å². The zero-order valence-electron chi connectivity index (χ0n) is 9.32. The molecule has 0 aromatic carbocycles. The molecule has 0 radical (unpaired) electrons. The van der Waals surface area contributed by atoms with Crippen LogP contribution in [0.4, 0.5) is 0 Å². The summed E-state index contributed by atoms with van der Waals surface area (Å²) in [6, 6.07) is 0.0329. The summed E-state index contributed by atoms with van der Waals surface area (Å²) < 4.78 is 25.3. The molecule has 4 nitrogen and oxygen atoms in total. The number of carbonyl (C=O) groups is 1. The molecule has 1 N–H and O–H groups in total. The van der Waals surface area contributed by atoms with E-state index in [1.807, 2.05) is 0 Å². The van der Waals surface area contributed by atoms with Crippen LogP contribution in [0.3, 0.4) is 0 Å². The molecule has 1 aliphatic carbocycles. The zero-order chi connectivity index (χ0) is 11.5. The highest BCUT2D eigenvalue weighted by Gasteiger charge is 2.25. The average Bonchev–Trinajstić information content (AvgIpc) is 2.18. The van der Waals surface area contributed by atoms with Crippen LogP contribution in [0.15, 0.2) is 0 Å². The Kier molecular flexibility index (Phi) is 4.28. The Bertz CT molecular complexity index is 316. The molecule has 1 fully saturated rings. The Labute approximate surface area is 91.5 Å². The lowest BCUT2D eigenvalue weighted by molar-refractivity contribution is -0.121. The van der Waals surface area contributed by atoms with Crippen molar-refractivity contribution in [3.8, 4) is 0 Å². The van der Waals surface area contributed by atoms with Gasteiger partial charge in [0.15, 0.2) is 0 Å². The molecule has 0 heterocycles. The minimum atomic E-state index is -3.09. The highest BCUT2D eigenvalue weighted by molar-refractivity contribution is 7.89. The fraction of sp³-hybridized carbons (Fsp3) is 0.900. The van der Waals surface area contributed by atoms with Crippen LogP contribution in [0, 0.1) is 5.92 Å². The maximum Gasteiger partial charge on any atom is 0.211 e. The van der Waals surface area contributed by atoms with Gasteiger partial charge < -0.3 is 0 Å². The van der Waals surface area contributed by atoms with Gasteiger partial charge in [0.1, 0.15) is 5.78 Å². The van der Waals surface area contributed by atoms with E-state index in [-0.39, 0.29) is 23.5 Å². The van der Waals surface area contributed by atoms with E-state index in [1.54, 1.807) is 13.8 Å². The van der Waals surface area contributed by atoms with Crippen LogP contribution >= 0.6 is 0 Å². The molecule has 1 rings (SSSR count). The first-order valence-corrected chi connectivity index (χ1v) is 7.10. The molecule has 0 aliphatic heterocycles. The van der Waals surface area contributed by atoms with Gasteiger partial charge in [0, 0.05) is 12.0 Å². The summed E-state index contributed by atoms with van der Waals surface area (Å²) in [5, 5.41) is 0. The van der Waals surface area contributed by atoms with E-state index in [1.165, 1.54) is 0 Å². The van der Waals surface area contributed by atoms with Crippen molar-refractivity contribution < 1.29 is 13.2 Å².